The number of nitrogens with zero attached hydrogens (tertiary/aromatic N) is 1. The standard InChI is InChI=1S/C11H24N2/c1-10(2)9-13-8-4-6-12-7-5-11(13)3/h10-12H,4-9H2,1-3H3. The quantitative estimate of drug-likeness (QED) is 0.703. The van der Waals surface area contributed by atoms with Crippen molar-refractivity contribution in [3.8, 4) is 0 Å². The Kier molecular flexibility index (Phi) is 4.74. The van der Waals surface area contributed by atoms with Crippen molar-refractivity contribution in [3.05, 3.63) is 0 Å². The molecule has 1 aliphatic rings. The number of hydrogen-bond acceptors (Lipinski definition) is 2. The van der Waals surface area contributed by atoms with E-state index in [1.165, 1.54) is 39.0 Å². The van der Waals surface area contributed by atoms with E-state index in [0.29, 0.717) is 0 Å². The second-order valence-electron chi connectivity index (χ2n) is 4.63. The minimum absolute atomic E-state index is 0.759. The molecule has 1 fully saturated rings. The van der Waals surface area contributed by atoms with E-state index in [-0.39, 0.29) is 0 Å². The van der Waals surface area contributed by atoms with Gasteiger partial charge in [-0.15, -0.1) is 0 Å². The summed E-state index contributed by atoms with van der Waals surface area (Å²) in [4.78, 5) is 2.64. The molecule has 2 heteroatoms. The molecule has 13 heavy (non-hydrogen) atoms. The van der Waals surface area contributed by atoms with E-state index in [9.17, 15) is 0 Å². The van der Waals surface area contributed by atoms with Crippen molar-refractivity contribution >= 4 is 0 Å². The van der Waals surface area contributed by atoms with Crippen molar-refractivity contribution in [1.29, 1.82) is 0 Å². The van der Waals surface area contributed by atoms with Gasteiger partial charge >= 0.3 is 0 Å². The first-order valence-electron chi connectivity index (χ1n) is 5.65. The van der Waals surface area contributed by atoms with Crippen LogP contribution in [0.15, 0.2) is 0 Å². The Morgan fingerprint density at radius 2 is 2.15 bits per heavy atom. The second kappa shape index (κ2) is 5.61. The van der Waals surface area contributed by atoms with E-state index >= 15 is 0 Å². The highest BCUT2D eigenvalue weighted by Crippen LogP contribution is 2.09. The van der Waals surface area contributed by atoms with E-state index < -0.39 is 0 Å². The zero-order valence-electron chi connectivity index (χ0n) is 9.34. The van der Waals surface area contributed by atoms with Crippen LogP contribution in [0.1, 0.15) is 33.6 Å². The maximum absolute atomic E-state index is 3.46. The summed E-state index contributed by atoms with van der Waals surface area (Å²) < 4.78 is 0. The average molecular weight is 184 g/mol. The molecule has 0 aromatic heterocycles. The number of hydrogen-bond donors (Lipinski definition) is 1. The van der Waals surface area contributed by atoms with Crippen LogP contribution in [0.2, 0.25) is 0 Å². The molecule has 78 valence electrons. The van der Waals surface area contributed by atoms with Crippen LogP contribution < -0.4 is 5.32 Å². The molecule has 0 aromatic carbocycles. The van der Waals surface area contributed by atoms with Gasteiger partial charge in [-0.2, -0.15) is 0 Å². The predicted octanol–water partition coefficient (Wildman–Crippen LogP) is 1.72. The molecular formula is C11H24N2. The van der Waals surface area contributed by atoms with Crippen molar-refractivity contribution in [2.45, 2.75) is 39.7 Å². The molecule has 0 bridgehead atoms. The van der Waals surface area contributed by atoms with Crippen LogP contribution in [0.3, 0.4) is 0 Å². The Balaban J connectivity index is 2.37. The third-order valence-electron chi connectivity index (χ3n) is 2.76. The SMILES string of the molecule is CC(C)CN1CCCNCCC1C. The first-order chi connectivity index (χ1) is 6.20. The summed E-state index contributed by atoms with van der Waals surface area (Å²) in [6.45, 7) is 11.9. The molecule has 0 saturated carbocycles. The molecule has 0 aliphatic carbocycles. The molecule has 1 N–H and O–H groups in total. The Labute approximate surface area is 82.7 Å². The summed E-state index contributed by atoms with van der Waals surface area (Å²) in [6, 6.07) is 0.759. The van der Waals surface area contributed by atoms with Gasteiger partial charge in [0, 0.05) is 12.6 Å². The molecule has 1 unspecified atom stereocenters. The summed E-state index contributed by atoms with van der Waals surface area (Å²) in [7, 11) is 0. The predicted molar refractivity (Wildman–Crippen MR) is 58.0 cm³/mol. The minimum atomic E-state index is 0.759. The summed E-state index contributed by atoms with van der Waals surface area (Å²) in [5.74, 6) is 0.801. The molecular weight excluding hydrogens is 160 g/mol. The van der Waals surface area contributed by atoms with E-state index in [2.05, 4.69) is 31.0 Å². The molecule has 0 spiro atoms. The highest BCUT2D eigenvalue weighted by Gasteiger charge is 2.15. The van der Waals surface area contributed by atoms with Crippen molar-refractivity contribution < 1.29 is 0 Å². The topological polar surface area (TPSA) is 15.3 Å². The van der Waals surface area contributed by atoms with Crippen LogP contribution in [0.5, 0.6) is 0 Å². The Morgan fingerprint density at radius 1 is 1.38 bits per heavy atom. The van der Waals surface area contributed by atoms with E-state index in [1.807, 2.05) is 0 Å². The van der Waals surface area contributed by atoms with Gasteiger partial charge in [0.25, 0.3) is 0 Å². The fourth-order valence-electron chi connectivity index (χ4n) is 1.99. The Morgan fingerprint density at radius 3 is 2.85 bits per heavy atom. The zero-order valence-corrected chi connectivity index (χ0v) is 9.34. The van der Waals surface area contributed by atoms with Gasteiger partial charge in [-0.1, -0.05) is 13.8 Å². The normalized spacial score (nSPS) is 27.2. The second-order valence-corrected chi connectivity index (χ2v) is 4.63. The first kappa shape index (κ1) is 11.0. The highest BCUT2D eigenvalue weighted by atomic mass is 15.2. The van der Waals surface area contributed by atoms with Crippen molar-refractivity contribution in [2.24, 2.45) is 5.92 Å². The van der Waals surface area contributed by atoms with E-state index in [4.69, 9.17) is 0 Å². The monoisotopic (exact) mass is 184 g/mol. The van der Waals surface area contributed by atoms with Gasteiger partial charge in [0.2, 0.25) is 0 Å². The zero-order chi connectivity index (χ0) is 9.68. The van der Waals surface area contributed by atoms with Gasteiger partial charge < -0.3 is 10.2 Å². The lowest BCUT2D eigenvalue weighted by Gasteiger charge is -2.32. The fourth-order valence-corrected chi connectivity index (χ4v) is 1.99. The van der Waals surface area contributed by atoms with Crippen molar-refractivity contribution in [3.63, 3.8) is 0 Å². The maximum atomic E-state index is 3.46. The van der Waals surface area contributed by atoms with E-state index in [1.54, 1.807) is 0 Å². The van der Waals surface area contributed by atoms with Crippen LogP contribution >= 0.6 is 0 Å². The van der Waals surface area contributed by atoms with E-state index in [0.717, 1.165) is 12.0 Å². The summed E-state index contributed by atoms with van der Waals surface area (Å²) >= 11 is 0. The van der Waals surface area contributed by atoms with Gasteiger partial charge in [0.15, 0.2) is 0 Å². The van der Waals surface area contributed by atoms with Crippen molar-refractivity contribution in [2.75, 3.05) is 26.2 Å². The lowest BCUT2D eigenvalue weighted by atomic mass is 10.1. The molecule has 1 heterocycles. The van der Waals surface area contributed by atoms with Gasteiger partial charge in [-0.05, 0) is 45.3 Å². The smallest absolute Gasteiger partial charge is 0.00791 e. The van der Waals surface area contributed by atoms with Crippen LogP contribution in [0, 0.1) is 5.92 Å². The molecule has 0 amide bonds. The first-order valence-corrected chi connectivity index (χ1v) is 5.65. The molecule has 0 aromatic rings. The van der Waals surface area contributed by atoms with Gasteiger partial charge in [0.1, 0.15) is 0 Å². The molecule has 1 aliphatic heterocycles. The lowest BCUT2D eigenvalue weighted by molar-refractivity contribution is 0.166. The maximum Gasteiger partial charge on any atom is 0.00791 e. The number of nitrogens with one attached hydrogen (secondary N) is 1. The van der Waals surface area contributed by atoms with Crippen LogP contribution in [0.25, 0.3) is 0 Å². The van der Waals surface area contributed by atoms with Gasteiger partial charge in [-0.3, -0.25) is 0 Å². The minimum Gasteiger partial charge on any atom is -0.317 e. The third-order valence-corrected chi connectivity index (χ3v) is 2.76. The molecule has 2 nitrogen and oxygen atoms in total. The van der Waals surface area contributed by atoms with Crippen molar-refractivity contribution in [1.82, 2.24) is 10.2 Å². The molecule has 1 saturated heterocycles. The summed E-state index contributed by atoms with van der Waals surface area (Å²) in [5, 5.41) is 3.46. The van der Waals surface area contributed by atoms with Crippen LogP contribution in [-0.4, -0.2) is 37.1 Å². The highest BCUT2D eigenvalue weighted by molar-refractivity contribution is 4.72. The third kappa shape index (κ3) is 4.10. The van der Waals surface area contributed by atoms with Gasteiger partial charge in [0.05, 0.1) is 0 Å². The van der Waals surface area contributed by atoms with Crippen LogP contribution in [-0.2, 0) is 0 Å². The molecule has 1 rings (SSSR count). The fraction of sp³-hybridized carbons (Fsp3) is 1.00. The Hall–Kier alpha value is -0.0800. The number of rotatable bonds is 2. The Bertz CT molecular complexity index is 134. The summed E-state index contributed by atoms with van der Waals surface area (Å²) in [6.07, 6.45) is 2.60. The lowest BCUT2D eigenvalue weighted by Crippen LogP contribution is -2.41. The average Bonchev–Trinajstić information content (AvgIpc) is 2.04. The van der Waals surface area contributed by atoms with Crippen LogP contribution in [0.4, 0.5) is 0 Å². The largest absolute Gasteiger partial charge is 0.317 e. The summed E-state index contributed by atoms with van der Waals surface area (Å²) in [5.41, 5.74) is 0. The molecule has 1 atom stereocenters. The molecule has 0 radical (unpaired) electrons. The van der Waals surface area contributed by atoms with Gasteiger partial charge in [-0.25, -0.2) is 0 Å².